The summed E-state index contributed by atoms with van der Waals surface area (Å²) < 4.78 is 13.2. The number of fused-ring (bicyclic) bond motifs is 1. The van der Waals surface area contributed by atoms with Crippen molar-refractivity contribution in [2.24, 2.45) is 0 Å². The maximum absolute atomic E-state index is 13.2. The van der Waals surface area contributed by atoms with E-state index in [0.717, 1.165) is 5.39 Å². The van der Waals surface area contributed by atoms with Crippen LogP contribution >= 0.6 is 0 Å². The molecule has 31 heavy (non-hydrogen) atoms. The average Bonchev–Trinajstić information content (AvgIpc) is 2.78. The number of rotatable bonds is 5. The van der Waals surface area contributed by atoms with E-state index in [1.807, 2.05) is 0 Å². The molecule has 4 N–H and O–H groups in total. The number of aromatic hydroxyl groups is 1. The molecule has 0 amide bonds. The molecule has 4 aromatic carbocycles. The number of phenolic OH excluding ortho intramolecular Hbond substituents is 1. The van der Waals surface area contributed by atoms with Gasteiger partial charge >= 0.3 is 5.97 Å². The molecule has 156 valence electrons. The predicted molar refractivity (Wildman–Crippen MR) is 114 cm³/mol. The van der Waals surface area contributed by atoms with Crippen molar-refractivity contribution in [1.82, 2.24) is 0 Å². The molecule has 0 radical (unpaired) electrons. The van der Waals surface area contributed by atoms with Crippen LogP contribution in [0.25, 0.3) is 21.9 Å². The Kier molecular flexibility index (Phi) is 5.42. The van der Waals surface area contributed by atoms with Crippen LogP contribution in [-0.2, 0) is 0 Å². The highest BCUT2D eigenvalue weighted by molar-refractivity contribution is 5.91. The third kappa shape index (κ3) is 3.99. The first kappa shape index (κ1) is 20.5. The van der Waals surface area contributed by atoms with Gasteiger partial charge in [0, 0.05) is 5.39 Å². The predicted octanol–water partition coefficient (Wildman–Crippen LogP) is 4.82. The lowest BCUT2D eigenvalue weighted by Gasteiger charge is -2.21. The van der Waals surface area contributed by atoms with Crippen LogP contribution in [0.2, 0.25) is 0 Å². The number of aliphatic hydroxyl groups excluding tert-OH is 2. The van der Waals surface area contributed by atoms with E-state index in [1.165, 1.54) is 30.3 Å². The first-order valence-corrected chi connectivity index (χ1v) is 9.56. The maximum Gasteiger partial charge on any atom is 0.336 e. The summed E-state index contributed by atoms with van der Waals surface area (Å²) in [4.78, 5) is 11.7. The van der Waals surface area contributed by atoms with E-state index in [4.69, 9.17) is 0 Å². The van der Waals surface area contributed by atoms with Gasteiger partial charge < -0.3 is 20.4 Å². The normalized spacial score (nSPS) is 13.1. The van der Waals surface area contributed by atoms with Crippen molar-refractivity contribution in [3.05, 3.63) is 101 Å². The first-order valence-electron chi connectivity index (χ1n) is 9.56. The number of carboxylic acids is 1. The van der Waals surface area contributed by atoms with E-state index >= 15 is 0 Å². The first-order chi connectivity index (χ1) is 14.8. The fraction of sp³-hybridized carbons (Fsp3) is 0.0800. The van der Waals surface area contributed by atoms with Gasteiger partial charge in [0.25, 0.3) is 0 Å². The molecule has 0 aromatic heterocycles. The monoisotopic (exact) mass is 418 g/mol. The Labute approximate surface area is 177 Å². The van der Waals surface area contributed by atoms with Crippen LogP contribution in [0.1, 0.15) is 33.7 Å². The highest BCUT2D eigenvalue weighted by Crippen LogP contribution is 2.36. The lowest BCUT2D eigenvalue weighted by atomic mass is 9.91. The molecule has 0 fully saturated rings. The number of carboxylic acid groups (broad SMARTS) is 1. The average molecular weight is 418 g/mol. The molecule has 2 unspecified atom stereocenters. The van der Waals surface area contributed by atoms with Gasteiger partial charge in [0.1, 0.15) is 23.8 Å². The summed E-state index contributed by atoms with van der Waals surface area (Å²) >= 11 is 0. The zero-order chi connectivity index (χ0) is 22.1. The molecule has 4 aromatic rings. The van der Waals surface area contributed by atoms with Gasteiger partial charge in [0.05, 0.1) is 5.56 Å². The Morgan fingerprint density at radius 3 is 2.23 bits per heavy atom. The van der Waals surface area contributed by atoms with E-state index in [2.05, 4.69) is 0 Å². The van der Waals surface area contributed by atoms with Crippen LogP contribution in [0.4, 0.5) is 4.39 Å². The summed E-state index contributed by atoms with van der Waals surface area (Å²) in [6.07, 6.45) is -2.99. The second-order valence-electron chi connectivity index (χ2n) is 7.26. The van der Waals surface area contributed by atoms with Gasteiger partial charge in [0.15, 0.2) is 0 Å². The van der Waals surface area contributed by atoms with Gasteiger partial charge in [-0.05, 0) is 64.0 Å². The maximum atomic E-state index is 13.2. The fourth-order valence-electron chi connectivity index (χ4n) is 3.63. The number of phenols is 1. The standard InChI is InChI=1S/C25H19FO5/c26-18-9-6-14(7-10-18)16-8-11-19(25(30)31)21(12-16)24(29)23(28)17-5-4-15-2-1-3-22(27)20(15)13-17/h1-13,23-24,27-29H,(H,30,31). The Bertz CT molecular complexity index is 1270. The van der Waals surface area contributed by atoms with E-state index in [0.29, 0.717) is 22.1 Å². The molecular formula is C25H19FO5. The second kappa shape index (κ2) is 8.18. The molecule has 5 nitrogen and oxygen atoms in total. The zero-order valence-corrected chi connectivity index (χ0v) is 16.2. The minimum atomic E-state index is -1.55. The summed E-state index contributed by atoms with van der Waals surface area (Å²) in [6, 6.07) is 19.9. The summed E-state index contributed by atoms with van der Waals surface area (Å²) in [5.74, 6) is -1.62. The van der Waals surface area contributed by atoms with Crippen LogP contribution in [0, 0.1) is 5.82 Å². The molecule has 4 rings (SSSR count). The molecular weight excluding hydrogens is 399 g/mol. The van der Waals surface area contributed by atoms with Gasteiger partial charge in [0.2, 0.25) is 0 Å². The van der Waals surface area contributed by atoms with Gasteiger partial charge in [-0.1, -0.05) is 42.5 Å². The van der Waals surface area contributed by atoms with Crippen molar-refractivity contribution in [1.29, 1.82) is 0 Å². The number of carbonyl (C=O) groups is 1. The third-order valence-corrected chi connectivity index (χ3v) is 5.30. The number of aromatic carboxylic acids is 1. The topological polar surface area (TPSA) is 98.0 Å². The molecule has 0 aliphatic heterocycles. The summed E-state index contributed by atoms with van der Waals surface area (Å²) in [5, 5.41) is 42.6. The molecule has 0 bridgehead atoms. The van der Waals surface area contributed by atoms with Crippen molar-refractivity contribution < 1.29 is 29.6 Å². The van der Waals surface area contributed by atoms with Crippen LogP contribution in [0.3, 0.4) is 0 Å². The van der Waals surface area contributed by atoms with Crippen molar-refractivity contribution in [2.45, 2.75) is 12.2 Å². The largest absolute Gasteiger partial charge is 0.507 e. The lowest BCUT2D eigenvalue weighted by Crippen LogP contribution is -2.14. The van der Waals surface area contributed by atoms with Gasteiger partial charge in [-0.3, -0.25) is 0 Å². The van der Waals surface area contributed by atoms with Crippen molar-refractivity contribution in [3.8, 4) is 16.9 Å². The Morgan fingerprint density at radius 2 is 1.52 bits per heavy atom. The number of aliphatic hydroxyl groups is 2. The van der Waals surface area contributed by atoms with E-state index in [-0.39, 0.29) is 16.9 Å². The van der Waals surface area contributed by atoms with Crippen LogP contribution in [0.5, 0.6) is 5.75 Å². The molecule has 6 heteroatoms. The van der Waals surface area contributed by atoms with E-state index < -0.39 is 24.0 Å². The highest BCUT2D eigenvalue weighted by Gasteiger charge is 2.26. The zero-order valence-electron chi connectivity index (χ0n) is 16.2. The molecule has 2 atom stereocenters. The third-order valence-electron chi connectivity index (χ3n) is 5.30. The van der Waals surface area contributed by atoms with Gasteiger partial charge in [-0.2, -0.15) is 0 Å². The minimum Gasteiger partial charge on any atom is -0.507 e. The smallest absolute Gasteiger partial charge is 0.336 e. The van der Waals surface area contributed by atoms with Crippen molar-refractivity contribution in [3.63, 3.8) is 0 Å². The van der Waals surface area contributed by atoms with E-state index in [1.54, 1.807) is 48.5 Å². The number of benzene rings is 4. The van der Waals surface area contributed by atoms with Crippen LogP contribution in [-0.4, -0.2) is 26.4 Å². The van der Waals surface area contributed by atoms with Crippen LogP contribution < -0.4 is 0 Å². The Balaban J connectivity index is 1.76. The molecule has 0 saturated carbocycles. The van der Waals surface area contributed by atoms with Gasteiger partial charge in [-0.25, -0.2) is 9.18 Å². The number of halogens is 1. The number of hydrogen-bond acceptors (Lipinski definition) is 4. The fourth-order valence-corrected chi connectivity index (χ4v) is 3.63. The summed E-state index contributed by atoms with van der Waals surface area (Å²) in [7, 11) is 0. The molecule has 0 aliphatic carbocycles. The van der Waals surface area contributed by atoms with Crippen molar-refractivity contribution in [2.75, 3.05) is 0 Å². The van der Waals surface area contributed by atoms with E-state index in [9.17, 15) is 29.6 Å². The van der Waals surface area contributed by atoms with Crippen LogP contribution in [0.15, 0.2) is 78.9 Å². The molecule has 0 saturated heterocycles. The molecule has 0 spiro atoms. The second-order valence-corrected chi connectivity index (χ2v) is 7.26. The summed E-state index contributed by atoms with van der Waals surface area (Å²) in [5.41, 5.74) is 1.41. The van der Waals surface area contributed by atoms with Crippen molar-refractivity contribution >= 4 is 16.7 Å². The number of hydrogen-bond donors (Lipinski definition) is 4. The quantitative estimate of drug-likeness (QED) is 0.373. The Hall–Kier alpha value is -3.74. The van der Waals surface area contributed by atoms with Gasteiger partial charge in [-0.15, -0.1) is 0 Å². The molecule has 0 aliphatic rings. The SMILES string of the molecule is O=C(O)c1ccc(-c2ccc(F)cc2)cc1C(O)C(O)c1ccc2cccc(O)c2c1. The molecule has 0 heterocycles. The Morgan fingerprint density at radius 1 is 0.806 bits per heavy atom. The summed E-state index contributed by atoms with van der Waals surface area (Å²) in [6.45, 7) is 0. The minimum absolute atomic E-state index is 0.0270. The highest BCUT2D eigenvalue weighted by atomic mass is 19.1. The lowest BCUT2D eigenvalue weighted by molar-refractivity contribution is 0.0163.